The molecule has 4 aliphatic rings. The van der Waals surface area contributed by atoms with E-state index in [-0.39, 0.29) is 29.0 Å². The highest BCUT2D eigenvalue weighted by Crippen LogP contribution is 2.67. The van der Waals surface area contributed by atoms with Gasteiger partial charge >= 0.3 is 0 Å². The molecule has 3 saturated carbocycles. The third-order valence-electron chi connectivity index (χ3n) is 8.25. The maximum absolute atomic E-state index is 12.4. The molecule has 5 heteroatoms. The third-order valence-corrected chi connectivity index (χ3v) is 8.25. The fourth-order valence-corrected chi connectivity index (χ4v) is 6.92. The maximum Gasteiger partial charge on any atom is 0.190 e. The molecule has 7 atom stereocenters. The van der Waals surface area contributed by atoms with Gasteiger partial charge in [-0.15, -0.1) is 0 Å². The zero-order valence-electron chi connectivity index (χ0n) is 15.4. The highest BCUT2D eigenvalue weighted by atomic mass is 16.3. The van der Waals surface area contributed by atoms with Gasteiger partial charge in [-0.05, 0) is 56.1 Å². The van der Waals surface area contributed by atoms with E-state index in [1.165, 1.54) is 0 Å². The minimum absolute atomic E-state index is 0.00912. The van der Waals surface area contributed by atoms with Gasteiger partial charge in [-0.2, -0.15) is 0 Å². The van der Waals surface area contributed by atoms with Crippen LogP contribution in [0.4, 0.5) is 0 Å². The summed E-state index contributed by atoms with van der Waals surface area (Å²) in [5.41, 5.74) is -1.54. The molecular formula is C21H28O5. The highest BCUT2D eigenvalue weighted by molar-refractivity contribution is 6.01. The zero-order valence-corrected chi connectivity index (χ0v) is 15.4. The van der Waals surface area contributed by atoms with Gasteiger partial charge in [0, 0.05) is 16.7 Å². The molecule has 5 nitrogen and oxygen atoms in total. The van der Waals surface area contributed by atoms with Crippen molar-refractivity contribution >= 4 is 11.6 Å². The summed E-state index contributed by atoms with van der Waals surface area (Å²) in [5.74, 6) is -0.227. The van der Waals surface area contributed by atoms with Crippen LogP contribution in [0.15, 0.2) is 23.8 Å². The first kappa shape index (κ1) is 18.1. The lowest BCUT2D eigenvalue weighted by Gasteiger charge is -2.59. The monoisotopic (exact) mass is 360 g/mol. The van der Waals surface area contributed by atoms with E-state index < -0.39 is 29.5 Å². The fraction of sp³-hybridized carbons (Fsp3) is 0.714. The van der Waals surface area contributed by atoms with Gasteiger partial charge in [0.05, 0.1) is 6.10 Å². The summed E-state index contributed by atoms with van der Waals surface area (Å²) in [6, 6.07) is 0. The largest absolute Gasteiger partial charge is 0.393 e. The van der Waals surface area contributed by atoms with E-state index >= 15 is 0 Å². The van der Waals surface area contributed by atoms with Crippen molar-refractivity contribution in [2.45, 2.75) is 57.7 Å². The van der Waals surface area contributed by atoms with Crippen molar-refractivity contribution in [2.24, 2.45) is 28.6 Å². The topological polar surface area (TPSA) is 94.8 Å². The van der Waals surface area contributed by atoms with Gasteiger partial charge in [0.25, 0.3) is 0 Å². The number of hydrogen-bond donors (Lipinski definition) is 3. The zero-order chi connectivity index (χ0) is 18.9. The second-order valence-electron chi connectivity index (χ2n) is 9.19. The maximum atomic E-state index is 12.4. The molecule has 0 aliphatic heterocycles. The molecule has 0 spiro atoms. The average molecular weight is 360 g/mol. The number of hydrogen-bond acceptors (Lipinski definition) is 5. The van der Waals surface area contributed by atoms with Crippen LogP contribution in [-0.2, 0) is 9.59 Å². The Morgan fingerprint density at radius 2 is 2.04 bits per heavy atom. The highest BCUT2D eigenvalue weighted by Gasteiger charge is 2.67. The molecule has 4 rings (SSSR count). The van der Waals surface area contributed by atoms with Crippen molar-refractivity contribution in [3.05, 3.63) is 23.8 Å². The normalized spacial score (nSPS) is 49.9. The molecule has 142 valence electrons. The molecular weight excluding hydrogens is 332 g/mol. The number of aliphatic hydroxyl groups excluding tert-OH is 2. The van der Waals surface area contributed by atoms with Crippen LogP contribution in [0.5, 0.6) is 0 Å². The molecule has 0 saturated heterocycles. The number of carbonyl (C=O) groups is 2. The summed E-state index contributed by atoms with van der Waals surface area (Å²) in [6.45, 7) is 3.34. The lowest BCUT2D eigenvalue weighted by molar-refractivity contribution is -0.178. The number of fused-ring (bicyclic) bond motifs is 5. The summed E-state index contributed by atoms with van der Waals surface area (Å²) < 4.78 is 0. The number of rotatable bonds is 2. The standard InChI is InChI=1S/C21H28O5/c1-19-7-5-13(23)9-12(19)3-4-14-15-6-8-21(26,17(25)11-22)20(15,2)10-16(24)18(14)19/h5,7,9,14-16,18,22,24,26H,3-4,6,8,10-11H2,1-2H3/t14-,15-,16+,18-,19-,20-,21-/m0/s1. The first-order valence-electron chi connectivity index (χ1n) is 9.66. The molecule has 3 fully saturated rings. The van der Waals surface area contributed by atoms with Crippen molar-refractivity contribution in [1.29, 1.82) is 0 Å². The first-order chi connectivity index (χ1) is 12.2. The molecule has 0 bridgehead atoms. The molecule has 26 heavy (non-hydrogen) atoms. The molecule has 0 aromatic heterocycles. The van der Waals surface area contributed by atoms with Crippen LogP contribution in [0.25, 0.3) is 0 Å². The van der Waals surface area contributed by atoms with Gasteiger partial charge in [0.1, 0.15) is 12.2 Å². The Morgan fingerprint density at radius 3 is 2.73 bits per heavy atom. The molecule has 0 heterocycles. The predicted octanol–water partition coefficient (Wildman–Crippen LogP) is 1.56. The van der Waals surface area contributed by atoms with Gasteiger partial charge < -0.3 is 15.3 Å². The molecule has 0 radical (unpaired) electrons. The van der Waals surface area contributed by atoms with Crippen molar-refractivity contribution in [3.63, 3.8) is 0 Å². The minimum atomic E-state index is -1.56. The molecule has 0 amide bonds. The van der Waals surface area contributed by atoms with Gasteiger partial charge in [-0.3, -0.25) is 9.59 Å². The summed E-state index contributed by atoms with van der Waals surface area (Å²) in [4.78, 5) is 24.2. The van der Waals surface area contributed by atoms with Crippen LogP contribution in [0, 0.1) is 28.6 Å². The number of carbonyl (C=O) groups excluding carboxylic acids is 2. The van der Waals surface area contributed by atoms with Gasteiger partial charge in [0.2, 0.25) is 0 Å². The van der Waals surface area contributed by atoms with Crippen LogP contribution in [0.3, 0.4) is 0 Å². The minimum Gasteiger partial charge on any atom is -0.393 e. The molecule has 0 aromatic rings. The Labute approximate surface area is 153 Å². The van der Waals surface area contributed by atoms with Crippen LogP contribution in [-0.4, -0.2) is 45.2 Å². The van der Waals surface area contributed by atoms with E-state index in [9.17, 15) is 24.9 Å². The Hall–Kier alpha value is -1.30. The second kappa shape index (κ2) is 5.60. The van der Waals surface area contributed by atoms with E-state index in [4.69, 9.17) is 0 Å². The van der Waals surface area contributed by atoms with Gasteiger partial charge in [-0.1, -0.05) is 25.5 Å². The first-order valence-corrected chi connectivity index (χ1v) is 9.66. The van der Waals surface area contributed by atoms with E-state index in [2.05, 4.69) is 6.92 Å². The van der Waals surface area contributed by atoms with E-state index in [1.807, 2.05) is 13.0 Å². The van der Waals surface area contributed by atoms with Crippen molar-refractivity contribution < 1.29 is 24.9 Å². The lowest BCUT2D eigenvalue weighted by Crippen LogP contribution is -2.61. The number of allylic oxidation sites excluding steroid dienone is 4. The van der Waals surface area contributed by atoms with Crippen molar-refractivity contribution in [3.8, 4) is 0 Å². The van der Waals surface area contributed by atoms with Crippen LogP contribution in [0.1, 0.15) is 46.0 Å². The SMILES string of the molecule is C[C@]12C=CC(=O)C=C1CC[C@@H]1[C@H]2[C@H](O)C[C@@]2(C)[C@H]1CC[C@]2(O)C(=O)CO. The lowest BCUT2D eigenvalue weighted by atomic mass is 9.46. The predicted molar refractivity (Wildman–Crippen MR) is 95.0 cm³/mol. The van der Waals surface area contributed by atoms with Crippen molar-refractivity contribution in [2.75, 3.05) is 6.61 Å². The van der Waals surface area contributed by atoms with E-state index in [1.54, 1.807) is 12.2 Å². The Morgan fingerprint density at radius 1 is 1.31 bits per heavy atom. The van der Waals surface area contributed by atoms with Crippen LogP contribution >= 0.6 is 0 Å². The Balaban J connectivity index is 1.75. The van der Waals surface area contributed by atoms with Gasteiger partial charge in [0.15, 0.2) is 11.6 Å². The molecule has 0 aromatic carbocycles. The smallest absolute Gasteiger partial charge is 0.190 e. The summed E-state index contributed by atoms with van der Waals surface area (Å²) in [7, 11) is 0. The second-order valence-corrected chi connectivity index (χ2v) is 9.19. The number of ketones is 2. The fourth-order valence-electron chi connectivity index (χ4n) is 6.92. The van der Waals surface area contributed by atoms with E-state index in [0.717, 1.165) is 24.8 Å². The van der Waals surface area contributed by atoms with Crippen LogP contribution < -0.4 is 0 Å². The third kappa shape index (κ3) is 2.08. The van der Waals surface area contributed by atoms with Crippen molar-refractivity contribution in [1.82, 2.24) is 0 Å². The van der Waals surface area contributed by atoms with E-state index in [0.29, 0.717) is 12.8 Å². The molecule has 0 unspecified atom stereocenters. The Kier molecular flexibility index (Phi) is 3.89. The number of Topliss-reactive ketones (excluding diaryl/α,β-unsaturated/α-hetero) is 1. The van der Waals surface area contributed by atoms with Crippen LogP contribution in [0.2, 0.25) is 0 Å². The average Bonchev–Trinajstić information content (AvgIpc) is 2.86. The summed E-state index contributed by atoms with van der Waals surface area (Å²) >= 11 is 0. The van der Waals surface area contributed by atoms with Gasteiger partial charge in [-0.25, -0.2) is 0 Å². The summed E-state index contributed by atoms with van der Waals surface area (Å²) in [6.07, 6.45) is 7.68. The number of aliphatic hydroxyl groups is 3. The quantitative estimate of drug-likeness (QED) is 0.695. The molecule has 3 N–H and O–H groups in total. The Bertz CT molecular complexity index is 724. The summed E-state index contributed by atoms with van der Waals surface area (Å²) in [5, 5.41) is 31.7. The molecule has 4 aliphatic carbocycles.